The average Bonchev–Trinajstić information content (AvgIpc) is 2.50. The third kappa shape index (κ3) is 5.15. The number of carbonyl (C=O) groups excluding carboxylic acids is 2. The third-order valence-electron chi connectivity index (χ3n) is 3.44. The number of urea groups is 1. The van der Waals surface area contributed by atoms with Crippen molar-refractivity contribution in [2.24, 2.45) is 5.92 Å². The predicted octanol–water partition coefficient (Wildman–Crippen LogP) is 3.41. The van der Waals surface area contributed by atoms with E-state index in [1.165, 1.54) is 19.2 Å². The number of amides is 2. The molecule has 8 heteroatoms. The van der Waals surface area contributed by atoms with E-state index in [2.05, 4.69) is 15.4 Å². The number of para-hydroxylation sites is 1. The maximum atomic E-state index is 12.9. The van der Waals surface area contributed by atoms with Gasteiger partial charge in [0, 0.05) is 0 Å². The van der Waals surface area contributed by atoms with E-state index in [1.807, 2.05) is 6.92 Å². The number of halogens is 3. The molecule has 0 fully saturated rings. The lowest BCUT2D eigenvalue weighted by atomic mass is 9.99. The van der Waals surface area contributed by atoms with Crippen LogP contribution in [-0.2, 0) is 15.7 Å². The van der Waals surface area contributed by atoms with Crippen molar-refractivity contribution in [3.05, 3.63) is 29.8 Å². The summed E-state index contributed by atoms with van der Waals surface area (Å²) in [6.45, 7) is 3.55. The summed E-state index contributed by atoms with van der Waals surface area (Å²) in [5, 5.41) is 4.48. The maximum absolute atomic E-state index is 12.9. The Hall–Kier alpha value is -2.25. The largest absolute Gasteiger partial charge is 0.467 e. The van der Waals surface area contributed by atoms with Crippen LogP contribution < -0.4 is 10.6 Å². The number of carbonyl (C=O) groups is 2. The highest BCUT2D eigenvalue weighted by Gasteiger charge is 2.34. The molecule has 128 valence electrons. The molecule has 1 aromatic carbocycles. The van der Waals surface area contributed by atoms with Crippen LogP contribution in [0.5, 0.6) is 0 Å². The van der Waals surface area contributed by atoms with Gasteiger partial charge in [-0.3, -0.25) is 0 Å². The number of anilines is 1. The average molecular weight is 332 g/mol. The lowest BCUT2D eigenvalue weighted by Crippen LogP contribution is -2.47. The minimum atomic E-state index is -4.59. The van der Waals surface area contributed by atoms with Crippen molar-refractivity contribution in [1.29, 1.82) is 0 Å². The Kier molecular flexibility index (Phi) is 6.41. The molecule has 0 spiro atoms. The normalized spacial score (nSPS) is 13.8. The molecule has 0 saturated heterocycles. The van der Waals surface area contributed by atoms with Gasteiger partial charge in [0.1, 0.15) is 6.04 Å². The summed E-state index contributed by atoms with van der Waals surface area (Å²) in [6.07, 6.45) is -4.01. The topological polar surface area (TPSA) is 67.4 Å². The molecular formula is C15H19F3N2O3. The Labute approximate surface area is 132 Å². The van der Waals surface area contributed by atoms with Crippen LogP contribution in [-0.4, -0.2) is 25.2 Å². The first-order valence-corrected chi connectivity index (χ1v) is 7.02. The van der Waals surface area contributed by atoms with Crippen LogP contribution in [0.2, 0.25) is 0 Å². The van der Waals surface area contributed by atoms with Crippen molar-refractivity contribution >= 4 is 17.7 Å². The number of nitrogens with one attached hydrogen (secondary N) is 2. The molecule has 0 aromatic heterocycles. The van der Waals surface area contributed by atoms with Crippen molar-refractivity contribution in [1.82, 2.24) is 5.32 Å². The van der Waals surface area contributed by atoms with E-state index in [0.717, 1.165) is 12.1 Å². The van der Waals surface area contributed by atoms with Gasteiger partial charge in [-0.1, -0.05) is 32.4 Å². The van der Waals surface area contributed by atoms with Crippen LogP contribution in [0.3, 0.4) is 0 Å². The minimum Gasteiger partial charge on any atom is -0.467 e. The van der Waals surface area contributed by atoms with Gasteiger partial charge in [-0.2, -0.15) is 13.2 Å². The van der Waals surface area contributed by atoms with Gasteiger partial charge >= 0.3 is 18.2 Å². The Morgan fingerprint density at radius 1 is 1.26 bits per heavy atom. The van der Waals surface area contributed by atoms with Crippen molar-refractivity contribution in [3.8, 4) is 0 Å². The van der Waals surface area contributed by atoms with E-state index < -0.39 is 29.8 Å². The highest BCUT2D eigenvalue weighted by atomic mass is 19.4. The second kappa shape index (κ2) is 7.85. The zero-order valence-electron chi connectivity index (χ0n) is 13.0. The number of rotatable bonds is 5. The molecule has 2 atom stereocenters. The van der Waals surface area contributed by atoms with Gasteiger partial charge in [-0.05, 0) is 18.1 Å². The molecule has 1 rings (SSSR count). The number of hydrogen-bond donors (Lipinski definition) is 2. The lowest BCUT2D eigenvalue weighted by Gasteiger charge is -2.22. The first-order valence-electron chi connectivity index (χ1n) is 7.02. The van der Waals surface area contributed by atoms with Crippen LogP contribution in [0.4, 0.5) is 23.7 Å². The Morgan fingerprint density at radius 2 is 1.87 bits per heavy atom. The molecule has 2 amide bonds. The summed E-state index contributed by atoms with van der Waals surface area (Å²) < 4.78 is 43.2. The Morgan fingerprint density at radius 3 is 2.39 bits per heavy atom. The number of ether oxygens (including phenoxy) is 1. The van der Waals surface area contributed by atoms with Crippen molar-refractivity contribution in [3.63, 3.8) is 0 Å². The van der Waals surface area contributed by atoms with Gasteiger partial charge in [0.25, 0.3) is 0 Å². The smallest absolute Gasteiger partial charge is 0.418 e. The number of alkyl halides is 3. The van der Waals surface area contributed by atoms with E-state index in [-0.39, 0.29) is 11.6 Å². The summed E-state index contributed by atoms with van der Waals surface area (Å²) >= 11 is 0. The molecule has 0 saturated carbocycles. The number of benzene rings is 1. The quantitative estimate of drug-likeness (QED) is 0.812. The fourth-order valence-electron chi connectivity index (χ4n) is 1.94. The molecule has 1 unspecified atom stereocenters. The molecule has 1 aromatic rings. The molecule has 0 heterocycles. The van der Waals surface area contributed by atoms with Crippen LogP contribution in [0.25, 0.3) is 0 Å². The molecule has 0 aliphatic heterocycles. The third-order valence-corrected chi connectivity index (χ3v) is 3.44. The van der Waals surface area contributed by atoms with Crippen LogP contribution in [0.1, 0.15) is 25.8 Å². The number of methoxy groups -OCH3 is 1. The van der Waals surface area contributed by atoms with Crippen molar-refractivity contribution in [2.75, 3.05) is 12.4 Å². The van der Waals surface area contributed by atoms with E-state index in [0.29, 0.717) is 6.42 Å². The van der Waals surface area contributed by atoms with E-state index in [4.69, 9.17) is 0 Å². The van der Waals surface area contributed by atoms with Crippen LogP contribution in [0.15, 0.2) is 24.3 Å². The molecule has 23 heavy (non-hydrogen) atoms. The Bertz CT molecular complexity index is 561. The molecule has 0 aliphatic carbocycles. The van der Waals surface area contributed by atoms with Crippen molar-refractivity contribution in [2.45, 2.75) is 32.5 Å². The van der Waals surface area contributed by atoms with Crippen molar-refractivity contribution < 1.29 is 27.5 Å². The molecule has 2 N–H and O–H groups in total. The maximum Gasteiger partial charge on any atom is 0.418 e. The first-order chi connectivity index (χ1) is 10.7. The van der Waals surface area contributed by atoms with Gasteiger partial charge < -0.3 is 15.4 Å². The van der Waals surface area contributed by atoms with Crippen LogP contribution >= 0.6 is 0 Å². The molecule has 0 aliphatic rings. The molecule has 5 nitrogen and oxygen atoms in total. The highest BCUT2D eigenvalue weighted by molar-refractivity contribution is 5.93. The van der Waals surface area contributed by atoms with Gasteiger partial charge in [0.15, 0.2) is 0 Å². The van der Waals surface area contributed by atoms with E-state index >= 15 is 0 Å². The fourth-order valence-corrected chi connectivity index (χ4v) is 1.94. The van der Waals surface area contributed by atoms with Crippen LogP contribution in [0, 0.1) is 5.92 Å². The summed E-state index contributed by atoms with van der Waals surface area (Å²) in [4.78, 5) is 23.6. The monoisotopic (exact) mass is 332 g/mol. The van der Waals surface area contributed by atoms with E-state index in [1.54, 1.807) is 6.92 Å². The fraction of sp³-hybridized carbons (Fsp3) is 0.467. The Balaban J connectivity index is 2.90. The summed E-state index contributed by atoms with van der Waals surface area (Å²) in [6, 6.07) is 2.75. The second-order valence-electron chi connectivity index (χ2n) is 5.03. The highest BCUT2D eigenvalue weighted by Crippen LogP contribution is 2.34. The molecule has 0 radical (unpaired) electrons. The first kappa shape index (κ1) is 18.8. The van der Waals surface area contributed by atoms with Gasteiger partial charge in [-0.25, -0.2) is 9.59 Å². The standard InChI is InChI=1S/C15H19F3N2O3/c1-4-9(2)12(13(21)23-3)20-14(22)19-11-8-6-5-7-10(11)15(16,17)18/h5-9,12H,4H2,1-3H3,(H2,19,20,22)/t9?,12-/m1/s1. The summed E-state index contributed by atoms with van der Waals surface area (Å²) in [7, 11) is 1.18. The zero-order valence-corrected chi connectivity index (χ0v) is 13.0. The van der Waals surface area contributed by atoms with E-state index in [9.17, 15) is 22.8 Å². The molecule has 0 bridgehead atoms. The van der Waals surface area contributed by atoms with Gasteiger partial charge in [-0.15, -0.1) is 0 Å². The minimum absolute atomic E-state index is 0.231. The second-order valence-corrected chi connectivity index (χ2v) is 5.03. The molecular weight excluding hydrogens is 313 g/mol. The SMILES string of the molecule is CCC(C)[C@@H](NC(=O)Nc1ccccc1C(F)(F)F)C(=O)OC. The van der Waals surface area contributed by atoms with Gasteiger partial charge in [0.05, 0.1) is 18.4 Å². The van der Waals surface area contributed by atoms with Gasteiger partial charge in [0.2, 0.25) is 0 Å². The lowest BCUT2D eigenvalue weighted by molar-refractivity contribution is -0.144. The summed E-state index contributed by atoms with van der Waals surface area (Å²) in [5.41, 5.74) is -1.35. The number of esters is 1. The summed E-state index contributed by atoms with van der Waals surface area (Å²) in [5.74, 6) is -0.885. The predicted molar refractivity (Wildman–Crippen MR) is 78.9 cm³/mol. The zero-order chi connectivity index (χ0) is 17.6. The number of hydrogen-bond acceptors (Lipinski definition) is 3.